The molecule has 1 fully saturated rings. The molecule has 1 aliphatic rings. The highest BCUT2D eigenvalue weighted by molar-refractivity contribution is 5.78. The second-order valence-electron chi connectivity index (χ2n) is 6.01. The number of benzene rings is 1. The van der Waals surface area contributed by atoms with Crippen LogP contribution in [0.2, 0.25) is 0 Å². The Bertz CT molecular complexity index is 436. The second-order valence-corrected chi connectivity index (χ2v) is 6.01. The summed E-state index contributed by atoms with van der Waals surface area (Å²) in [5.41, 5.74) is 1.17. The van der Waals surface area contributed by atoms with Gasteiger partial charge >= 0.3 is 0 Å². The Hall–Kier alpha value is -1.39. The molecule has 1 aromatic rings. The normalized spacial score (nSPS) is 19.0. The highest BCUT2D eigenvalue weighted by Gasteiger charge is 2.22. The Morgan fingerprint density at radius 3 is 2.81 bits per heavy atom. The predicted molar refractivity (Wildman–Crippen MR) is 83.8 cm³/mol. The van der Waals surface area contributed by atoms with Crippen LogP contribution < -0.4 is 0 Å². The molecular weight excluding hydrogens is 264 g/mol. The van der Waals surface area contributed by atoms with Crippen LogP contribution in [0.25, 0.3) is 0 Å². The van der Waals surface area contributed by atoms with Crippen LogP contribution in [0.5, 0.6) is 0 Å². The molecule has 116 valence electrons. The number of aliphatic hydroxyl groups excluding tert-OH is 1. The minimum Gasteiger partial charge on any atom is -0.395 e. The summed E-state index contributed by atoms with van der Waals surface area (Å²) < 4.78 is 0. The zero-order valence-corrected chi connectivity index (χ0v) is 12.9. The van der Waals surface area contributed by atoms with Crippen molar-refractivity contribution in [3.63, 3.8) is 0 Å². The minimum absolute atomic E-state index is 0.0799. The molecule has 0 spiro atoms. The standard InChI is InChI=1S/C17H26N2O2/c1-15-6-5-9-19(12-15)17(21)14-18(10-11-20)13-16-7-3-2-4-8-16/h2-4,7-8,15,20H,5-6,9-14H2,1H3/t15-/m1/s1. The average molecular weight is 290 g/mol. The maximum absolute atomic E-state index is 12.4. The molecule has 1 heterocycles. The summed E-state index contributed by atoms with van der Waals surface area (Å²) in [5.74, 6) is 0.786. The number of aliphatic hydroxyl groups is 1. The molecule has 4 heteroatoms. The molecule has 1 aliphatic heterocycles. The zero-order chi connectivity index (χ0) is 15.1. The Kier molecular flexibility index (Phi) is 6.21. The van der Waals surface area contributed by atoms with Crippen molar-refractivity contribution in [2.75, 3.05) is 32.8 Å². The lowest BCUT2D eigenvalue weighted by Gasteiger charge is -2.33. The third-order valence-electron chi connectivity index (χ3n) is 4.03. The van der Waals surface area contributed by atoms with E-state index < -0.39 is 0 Å². The van der Waals surface area contributed by atoms with Gasteiger partial charge in [-0.1, -0.05) is 37.3 Å². The van der Waals surface area contributed by atoms with E-state index in [0.717, 1.165) is 19.5 Å². The van der Waals surface area contributed by atoms with Gasteiger partial charge in [-0.2, -0.15) is 0 Å². The van der Waals surface area contributed by atoms with Crippen LogP contribution in [0.3, 0.4) is 0 Å². The highest BCUT2D eigenvalue weighted by Crippen LogP contribution is 2.16. The fraction of sp³-hybridized carbons (Fsp3) is 0.588. The number of piperidine rings is 1. The van der Waals surface area contributed by atoms with Gasteiger partial charge in [-0.3, -0.25) is 9.69 Å². The molecule has 2 rings (SSSR count). The fourth-order valence-corrected chi connectivity index (χ4v) is 2.90. The molecule has 0 saturated carbocycles. The molecule has 1 N–H and O–H groups in total. The topological polar surface area (TPSA) is 43.8 Å². The molecule has 21 heavy (non-hydrogen) atoms. The smallest absolute Gasteiger partial charge is 0.236 e. The van der Waals surface area contributed by atoms with Gasteiger partial charge in [-0.15, -0.1) is 0 Å². The lowest BCUT2D eigenvalue weighted by molar-refractivity contribution is -0.134. The predicted octanol–water partition coefficient (Wildman–Crippen LogP) is 1.74. The molecule has 1 amide bonds. The zero-order valence-electron chi connectivity index (χ0n) is 12.9. The van der Waals surface area contributed by atoms with E-state index in [1.54, 1.807) is 0 Å². The number of likely N-dealkylation sites (tertiary alicyclic amines) is 1. The number of carbonyl (C=O) groups is 1. The summed E-state index contributed by atoms with van der Waals surface area (Å²) in [7, 11) is 0. The van der Waals surface area contributed by atoms with Crippen molar-refractivity contribution >= 4 is 5.91 Å². The maximum atomic E-state index is 12.4. The van der Waals surface area contributed by atoms with Crippen LogP contribution in [0, 0.1) is 5.92 Å². The third-order valence-corrected chi connectivity index (χ3v) is 4.03. The van der Waals surface area contributed by atoms with Crippen LogP contribution >= 0.6 is 0 Å². The lowest BCUT2D eigenvalue weighted by atomic mass is 10.0. The van der Waals surface area contributed by atoms with Crippen LogP contribution in [0.15, 0.2) is 30.3 Å². The number of amides is 1. The third kappa shape index (κ3) is 5.14. The van der Waals surface area contributed by atoms with Crippen LogP contribution in [0.4, 0.5) is 0 Å². The van der Waals surface area contributed by atoms with Crippen molar-refractivity contribution in [2.24, 2.45) is 5.92 Å². The fourth-order valence-electron chi connectivity index (χ4n) is 2.90. The molecule has 0 bridgehead atoms. The summed E-state index contributed by atoms with van der Waals surface area (Å²) in [4.78, 5) is 16.4. The lowest BCUT2D eigenvalue weighted by Crippen LogP contribution is -2.45. The van der Waals surface area contributed by atoms with Crippen LogP contribution in [-0.2, 0) is 11.3 Å². The van der Waals surface area contributed by atoms with Crippen molar-refractivity contribution in [1.82, 2.24) is 9.80 Å². The quantitative estimate of drug-likeness (QED) is 0.868. The number of nitrogens with zero attached hydrogens (tertiary/aromatic N) is 2. The van der Waals surface area contributed by atoms with Gasteiger partial charge in [-0.25, -0.2) is 0 Å². The van der Waals surface area contributed by atoms with Gasteiger partial charge in [0, 0.05) is 26.2 Å². The number of hydrogen-bond acceptors (Lipinski definition) is 3. The van der Waals surface area contributed by atoms with E-state index in [2.05, 4.69) is 19.1 Å². The van der Waals surface area contributed by atoms with Crippen molar-refractivity contribution in [1.29, 1.82) is 0 Å². The summed E-state index contributed by atoms with van der Waals surface area (Å²) in [6.07, 6.45) is 2.32. The van der Waals surface area contributed by atoms with Crippen molar-refractivity contribution in [3.05, 3.63) is 35.9 Å². The minimum atomic E-state index is 0.0799. The van der Waals surface area contributed by atoms with Gasteiger partial charge < -0.3 is 10.0 Å². The van der Waals surface area contributed by atoms with Crippen LogP contribution in [-0.4, -0.2) is 53.6 Å². The number of rotatable bonds is 6. The molecule has 1 saturated heterocycles. The average Bonchev–Trinajstić information content (AvgIpc) is 2.48. The molecule has 0 radical (unpaired) electrons. The van der Waals surface area contributed by atoms with Crippen LogP contribution in [0.1, 0.15) is 25.3 Å². The molecule has 0 unspecified atom stereocenters. The van der Waals surface area contributed by atoms with Gasteiger partial charge in [0.05, 0.1) is 13.2 Å². The molecule has 1 aromatic carbocycles. The Balaban J connectivity index is 1.90. The van der Waals surface area contributed by atoms with Gasteiger partial charge in [0.25, 0.3) is 0 Å². The first-order chi connectivity index (χ1) is 10.2. The van der Waals surface area contributed by atoms with Crippen molar-refractivity contribution in [3.8, 4) is 0 Å². The first kappa shape index (κ1) is 16.0. The Labute approximate surface area is 127 Å². The van der Waals surface area contributed by atoms with Gasteiger partial charge in [0.1, 0.15) is 0 Å². The first-order valence-corrected chi connectivity index (χ1v) is 7.84. The van der Waals surface area contributed by atoms with E-state index in [0.29, 0.717) is 25.6 Å². The Morgan fingerprint density at radius 2 is 2.14 bits per heavy atom. The van der Waals surface area contributed by atoms with E-state index in [1.807, 2.05) is 28.0 Å². The molecule has 0 aliphatic carbocycles. The Morgan fingerprint density at radius 1 is 1.38 bits per heavy atom. The van der Waals surface area contributed by atoms with E-state index >= 15 is 0 Å². The van der Waals surface area contributed by atoms with E-state index in [9.17, 15) is 9.90 Å². The van der Waals surface area contributed by atoms with E-state index in [1.165, 1.54) is 12.0 Å². The summed E-state index contributed by atoms with van der Waals surface area (Å²) >= 11 is 0. The summed E-state index contributed by atoms with van der Waals surface area (Å²) in [6, 6.07) is 10.1. The molecule has 1 atom stereocenters. The van der Waals surface area contributed by atoms with Gasteiger partial charge in [0.15, 0.2) is 0 Å². The highest BCUT2D eigenvalue weighted by atomic mass is 16.3. The molecular formula is C17H26N2O2. The number of carbonyl (C=O) groups excluding carboxylic acids is 1. The first-order valence-electron chi connectivity index (χ1n) is 7.84. The second kappa shape index (κ2) is 8.15. The summed E-state index contributed by atoms with van der Waals surface area (Å²) in [5, 5.41) is 9.21. The maximum Gasteiger partial charge on any atom is 0.236 e. The van der Waals surface area contributed by atoms with Gasteiger partial charge in [-0.05, 0) is 24.3 Å². The molecule has 4 nitrogen and oxygen atoms in total. The largest absolute Gasteiger partial charge is 0.395 e. The summed E-state index contributed by atoms with van der Waals surface area (Å²) in [6.45, 7) is 5.66. The van der Waals surface area contributed by atoms with Gasteiger partial charge in [0.2, 0.25) is 5.91 Å². The molecule has 0 aromatic heterocycles. The van der Waals surface area contributed by atoms with Crippen molar-refractivity contribution in [2.45, 2.75) is 26.3 Å². The SMILES string of the molecule is C[C@@H]1CCCN(C(=O)CN(CCO)Cc2ccccc2)C1. The number of hydrogen-bond donors (Lipinski definition) is 1. The monoisotopic (exact) mass is 290 g/mol. The van der Waals surface area contributed by atoms with E-state index in [4.69, 9.17) is 0 Å². The van der Waals surface area contributed by atoms with Crippen molar-refractivity contribution < 1.29 is 9.90 Å². The van der Waals surface area contributed by atoms with E-state index in [-0.39, 0.29) is 12.5 Å².